The molecule has 2 aliphatic heterocycles. The third kappa shape index (κ3) is 5.33. The van der Waals surface area contributed by atoms with Gasteiger partial charge in [-0.15, -0.1) is 0 Å². The van der Waals surface area contributed by atoms with Crippen LogP contribution in [-0.4, -0.2) is 61.4 Å². The van der Waals surface area contributed by atoms with Gasteiger partial charge in [0.15, 0.2) is 12.6 Å². The van der Waals surface area contributed by atoms with Crippen molar-refractivity contribution in [3.8, 4) is 0 Å². The minimum absolute atomic E-state index is 0.0265. The van der Waals surface area contributed by atoms with Crippen molar-refractivity contribution in [1.29, 1.82) is 0 Å². The second-order valence-electron chi connectivity index (χ2n) is 5.09. The van der Waals surface area contributed by atoms with Crippen LogP contribution in [0.15, 0.2) is 0 Å². The highest BCUT2D eigenvalue weighted by molar-refractivity contribution is 4.64. The van der Waals surface area contributed by atoms with Crippen molar-refractivity contribution in [3.05, 3.63) is 0 Å². The van der Waals surface area contributed by atoms with Gasteiger partial charge in [0.05, 0.1) is 26.4 Å². The number of hydrogen-bond donors (Lipinski definition) is 2. The average molecular weight is 276 g/mol. The smallest absolute Gasteiger partial charge is 0.158 e. The van der Waals surface area contributed by atoms with Crippen LogP contribution in [0.1, 0.15) is 32.1 Å². The predicted molar refractivity (Wildman–Crippen MR) is 66.5 cm³/mol. The fraction of sp³-hybridized carbons (Fsp3) is 1.00. The normalized spacial score (nSPS) is 35.7. The molecule has 6 nitrogen and oxygen atoms in total. The summed E-state index contributed by atoms with van der Waals surface area (Å²) in [7, 11) is 0. The fourth-order valence-electron chi connectivity index (χ4n) is 2.25. The number of aliphatic hydroxyl groups excluding tert-OH is 2. The van der Waals surface area contributed by atoms with E-state index in [1.807, 2.05) is 0 Å². The largest absolute Gasteiger partial charge is 0.394 e. The molecule has 2 aliphatic rings. The molecule has 2 rings (SSSR count). The van der Waals surface area contributed by atoms with Crippen LogP contribution in [0.2, 0.25) is 0 Å². The first kappa shape index (κ1) is 15.2. The van der Waals surface area contributed by atoms with Crippen LogP contribution >= 0.6 is 0 Å². The van der Waals surface area contributed by atoms with E-state index in [9.17, 15) is 5.11 Å². The lowest BCUT2D eigenvalue weighted by atomic mass is 10.1. The number of aliphatic hydroxyl groups is 2. The number of ether oxygens (including phenoxy) is 4. The second kappa shape index (κ2) is 8.14. The molecule has 2 N–H and O–H groups in total. The van der Waals surface area contributed by atoms with Gasteiger partial charge in [0, 0.05) is 0 Å². The molecule has 0 aliphatic carbocycles. The average Bonchev–Trinajstić information content (AvgIpc) is 2.88. The summed E-state index contributed by atoms with van der Waals surface area (Å²) in [6.07, 6.45) is 3.89. The van der Waals surface area contributed by atoms with Crippen molar-refractivity contribution in [1.82, 2.24) is 0 Å². The lowest BCUT2D eigenvalue weighted by Gasteiger charge is -2.26. The Balaban J connectivity index is 1.44. The summed E-state index contributed by atoms with van der Waals surface area (Å²) >= 11 is 0. The lowest BCUT2D eigenvalue weighted by molar-refractivity contribution is -0.218. The zero-order valence-electron chi connectivity index (χ0n) is 11.2. The molecule has 6 heteroatoms. The van der Waals surface area contributed by atoms with Gasteiger partial charge < -0.3 is 29.2 Å². The summed E-state index contributed by atoms with van der Waals surface area (Å²) in [4.78, 5) is 0. The summed E-state index contributed by atoms with van der Waals surface area (Å²) in [6.45, 7) is 1.26. The topological polar surface area (TPSA) is 77.4 Å². The third-order valence-corrected chi connectivity index (χ3v) is 3.34. The van der Waals surface area contributed by atoms with Crippen LogP contribution in [0, 0.1) is 0 Å². The van der Waals surface area contributed by atoms with Gasteiger partial charge in [-0.1, -0.05) is 6.42 Å². The van der Waals surface area contributed by atoms with E-state index in [1.165, 1.54) is 0 Å². The fourth-order valence-corrected chi connectivity index (χ4v) is 2.25. The maximum Gasteiger partial charge on any atom is 0.158 e. The molecule has 2 saturated heterocycles. The highest BCUT2D eigenvalue weighted by atomic mass is 16.7. The van der Waals surface area contributed by atoms with Gasteiger partial charge in [0.1, 0.15) is 12.2 Å². The van der Waals surface area contributed by atoms with E-state index in [1.54, 1.807) is 0 Å². The van der Waals surface area contributed by atoms with Gasteiger partial charge in [-0.3, -0.25) is 0 Å². The van der Waals surface area contributed by atoms with Gasteiger partial charge in [-0.05, 0) is 25.7 Å². The zero-order valence-corrected chi connectivity index (χ0v) is 11.2. The molecule has 2 atom stereocenters. The van der Waals surface area contributed by atoms with Crippen LogP contribution in [0.4, 0.5) is 0 Å². The van der Waals surface area contributed by atoms with Crippen LogP contribution in [0.5, 0.6) is 0 Å². The van der Waals surface area contributed by atoms with Crippen LogP contribution in [-0.2, 0) is 18.9 Å². The Bertz CT molecular complexity index is 237. The van der Waals surface area contributed by atoms with Crippen molar-refractivity contribution in [3.63, 3.8) is 0 Å². The number of unbranched alkanes of at least 4 members (excludes halogenated alkanes) is 2. The summed E-state index contributed by atoms with van der Waals surface area (Å²) in [5.41, 5.74) is 0. The van der Waals surface area contributed by atoms with E-state index in [0.29, 0.717) is 19.8 Å². The first-order valence-electron chi connectivity index (χ1n) is 7.07. The number of rotatable bonds is 7. The first-order chi connectivity index (χ1) is 9.28. The molecule has 0 aromatic rings. The van der Waals surface area contributed by atoms with Gasteiger partial charge in [0.25, 0.3) is 0 Å². The highest BCUT2D eigenvalue weighted by Gasteiger charge is 2.24. The minimum Gasteiger partial charge on any atom is -0.394 e. The Labute approximate surface area is 113 Å². The van der Waals surface area contributed by atoms with E-state index < -0.39 is 6.10 Å². The van der Waals surface area contributed by atoms with E-state index >= 15 is 0 Å². The maximum atomic E-state index is 9.20. The Morgan fingerprint density at radius 2 is 1.47 bits per heavy atom. The minimum atomic E-state index is -0.479. The molecule has 0 saturated carbocycles. The molecule has 112 valence electrons. The van der Waals surface area contributed by atoms with Gasteiger partial charge in [-0.2, -0.15) is 0 Å². The van der Waals surface area contributed by atoms with Crippen molar-refractivity contribution in [2.75, 3.05) is 26.4 Å². The van der Waals surface area contributed by atoms with Gasteiger partial charge in [0.2, 0.25) is 0 Å². The standard InChI is InChI=1S/C13H24O6/c14-6-11-9-18-13(19-11)5-3-1-2-4-12-16-7-10(15)8-17-12/h10-15H,1-9H2. The first-order valence-corrected chi connectivity index (χ1v) is 7.07. The molecular formula is C13H24O6. The molecule has 0 bridgehead atoms. The Morgan fingerprint density at radius 3 is 2.11 bits per heavy atom. The van der Waals surface area contributed by atoms with Gasteiger partial charge in [-0.25, -0.2) is 0 Å². The Morgan fingerprint density at radius 1 is 0.842 bits per heavy atom. The van der Waals surface area contributed by atoms with Gasteiger partial charge >= 0.3 is 0 Å². The molecule has 2 unspecified atom stereocenters. The summed E-state index contributed by atoms with van der Waals surface area (Å²) in [5, 5.41) is 18.1. The highest BCUT2D eigenvalue weighted by Crippen LogP contribution is 2.18. The zero-order chi connectivity index (χ0) is 13.5. The Kier molecular flexibility index (Phi) is 6.49. The Hall–Kier alpha value is -0.240. The van der Waals surface area contributed by atoms with Crippen LogP contribution in [0.3, 0.4) is 0 Å². The number of hydrogen-bond acceptors (Lipinski definition) is 6. The molecule has 0 aromatic carbocycles. The monoisotopic (exact) mass is 276 g/mol. The molecule has 19 heavy (non-hydrogen) atoms. The van der Waals surface area contributed by atoms with E-state index in [2.05, 4.69) is 0 Å². The third-order valence-electron chi connectivity index (χ3n) is 3.34. The van der Waals surface area contributed by atoms with Crippen molar-refractivity contribution in [2.45, 2.75) is 56.9 Å². The van der Waals surface area contributed by atoms with Crippen molar-refractivity contribution < 1.29 is 29.2 Å². The summed E-state index contributed by atoms with van der Waals surface area (Å²) < 4.78 is 21.6. The second-order valence-corrected chi connectivity index (χ2v) is 5.09. The predicted octanol–water partition coefficient (Wildman–Crippen LogP) is 0.404. The lowest BCUT2D eigenvalue weighted by Crippen LogP contribution is -2.35. The molecule has 0 radical (unpaired) electrons. The molecule has 0 spiro atoms. The molecule has 0 aromatic heterocycles. The molecule has 2 heterocycles. The summed E-state index contributed by atoms with van der Waals surface area (Å²) in [6, 6.07) is 0. The van der Waals surface area contributed by atoms with Crippen molar-refractivity contribution in [2.24, 2.45) is 0 Å². The van der Waals surface area contributed by atoms with Crippen LogP contribution in [0.25, 0.3) is 0 Å². The maximum absolute atomic E-state index is 9.20. The van der Waals surface area contributed by atoms with E-state index in [0.717, 1.165) is 32.1 Å². The molecule has 0 amide bonds. The van der Waals surface area contributed by atoms with Crippen molar-refractivity contribution >= 4 is 0 Å². The summed E-state index contributed by atoms with van der Waals surface area (Å²) in [5.74, 6) is 0. The van der Waals surface area contributed by atoms with Crippen LogP contribution < -0.4 is 0 Å². The van der Waals surface area contributed by atoms with E-state index in [-0.39, 0.29) is 25.3 Å². The SMILES string of the molecule is OCC1COC(CCCCCC2OCC(O)CO2)O1. The van der Waals surface area contributed by atoms with E-state index in [4.69, 9.17) is 24.1 Å². The quantitative estimate of drug-likeness (QED) is 0.656. The molecule has 2 fully saturated rings. The molecular weight excluding hydrogens is 252 g/mol.